The summed E-state index contributed by atoms with van der Waals surface area (Å²) < 4.78 is 6.87. The van der Waals surface area contributed by atoms with E-state index >= 15 is 0 Å². The number of hydrogen-bond donors (Lipinski definition) is 1. The molecule has 4 nitrogen and oxygen atoms in total. The fraction of sp³-hybridized carbons (Fsp3) is 0.130. The number of carbonyl (C=O) groups is 1. The molecule has 5 heteroatoms. The van der Waals surface area contributed by atoms with Crippen molar-refractivity contribution in [3.05, 3.63) is 100 Å². The van der Waals surface area contributed by atoms with Crippen LogP contribution in [-0.4, -0.2) is 12.1 Å². The summed E-state index contributed by atoms with van der Waals surface area (Å²) in [6.07, 6.45) is 2.71. The predicted octanol–water partition coefficient (Wildman–Crippen LogP) is 5.11. The van der Waals surface area contributed by atoms with E-state index in [1.54, 1.807) is 6.21 Å². The monoisotopic (exact) mass is 436 g/mol. The molecule has 1 amide bonds. The van der Waals surface area contributed by atoms with Gasteiger partial charge in [0.15, 0.2) is 0 Å². The minimum atomic E-state index is -0.109. The Morgan fingerprint density at radius 2 is 1.75 bits per heavy atom. The molecular formula is C23H21BrN2O2. The molecule has 3 rings (SSSR count). The Balaban J connectivity index is 1.46. The topological polar surface area (TPSA) is 50.7 Å². The molecule has 28 heavy (non-hydrogen) atoms. The fourth-order valence-corrected chi connectivity index (χ4v) is 2.83. The SMILES string of the molecule is O=C(CCc1ccccc1)N/N=C\c1cccc(OCc2ccc(Br)cc2)c1. The molecule has 0 radical (unpaired) electrons. The summed E-state index contributed by atoms with van der Waals surface area (Å²) in [7, 11) is 0. The van der Waals surface area contributed by atoms with Crippen LogP contribution in [0.15, 0.2) is 88.4 Å². The van der Waals surface area contributed by atoms with E-state index in [1.165, 1.54) is 0 Å². The lowest BCUT2D eigenvalue weighted by Gasteiger charge is -2.07. The molecule has 0 spiro atoms. The van der Waals surface area contributed by atoms with Crippen LogP contribution in [0, 0.1) is 0 Å². The first-order chi connectivity index (χ1) is 13.7. The Labute approximate surface area is 173 Å². The summed E-state index contributed by atoms with van der Waals surface area (Å²) in [4.78, 5) is 11.9. The van der Waals surface area contributed by atoms with Crippen molar-refractivity contribution >= 4 is 28.1 Å². The molecule has 0 atom stereocenters. The first-order valence-corrected chi connectivity index (χ1v) is 9.81. The smallest absolute Gasteiger partial charge is 0.240 e. The zero-order valence-electron chi connectivity index (χ0n) is 15.3. The van der Waals surface area contributed by atoms with Crippen LogP contribution >= 0.6 is 15.9 Å². The lowest BCUT2D eigenvalue weighted by molar-refractivity contribution is -0.121. The highest BCUT2D eigenvalue weighted by molar-refractivity contribution is 9.10. The van der Waals surface area contributed by atoms with Gasteiger partial charge in [-0.15, -0.1) is 0 Å². The molecule has 0 aliphatic carbocycles. The number of benzene rings is 3. The number of nitrogens with zero attached hydrogens (tertiary/aromatic N) is 1. The van der Waals surface area contributed by atoms with Crippen molar-refractivity contribution < 1.29 is 9.53 Å². The van der Waals surface area contributed by atoms with E-state index in [2.05, 4.69) is 26.5 Å². The van der Waals surface area contributed by atoms with E-state index in [9.17, 15) is 4.79 Å². The van der Waals surface area contributed by atoms with Crippen LogP contribution < -0.4 is 10.2 Å². The van der Waals surface area contributed by atoms with Gasteiger partial charge >= 0.3 is 0 Å². The van der Waals surface area contributed by atoms with Gasteiger partial charge in [0.1, 0.15) is 12.4 Å². The standard InChI is InChI=1S/C23H21BrN2O2/c24-21-12-9-19(10-13-21)17-28-22-8-4-7-20(15-22)16-25-26-23(27)14-11-18-5-2-1-3-6-18/h1-10,12-13,15-16H,11,14,17H2,(H,26,27)/b25-16-. The average Bonchev–Trinajstić information content (AvgIpc) is 2.73. The zero-order valence-corrected chi connectivity index (χ0v) is 16.9. The summed E-state index contributed by atoms with van der Waals surface area (Å²) in [5.41, 5.74) is 5.65. The van der Waals surface area contributed by atoms with Crippen LogP contribution in [0.2, 0.25) is 0 Å². The average molecular weight is 437 g/mol. The second-order valence-corrected chi connectivity index (χ2v) is 7.18. The molecule has 0 saturated carbocycles. The van der Waals surface area contributed by atoms with E-state index in [4.69, 9.17) is 4.74 Å². The normalized spacial score (nSPS) is 10.8. The van der Waals surface area contributed by atoms with Crippen molar-refractivity contribution in [3.63, 3.8) is 0 Å². The summed E-state index contributed by atoms with van der Waals surface area (Å²) in [6, 6.07) is 25.5. The Morgan fingerprint density at radius 1 is 0.964 bits per heavy atom. The predicted molar refractivity (Wildman–Crippen MR) is 115 cm³/mol. The van der Waals surface area contributed by atoms with Gasteiger partial charge < -0.3 is 4.74 Å². The molecule has 142 valence electrons. The molecular weight excluding hydrogens is 416 g/mol. The minimum Gasteiger partial charge on any atom is -0.489 e. The van der Waals surface area contributed by atoms with Crippen molar-refractivity contribution in [2.24, 2.45) is 5.10 Å². The van der Waals surface area contributed by atoms with Crippen LogP contribution in [-0.2, 0) is 17.8 Å². The van der Waals surface area contributed by atoms with Gasteiger partial charge in [0, 0.05) is 10.9 Å². The van der Waals surface area contributed by atoms with Crippen molar-refractivity contribution in [1.82, 2.24) is 5.43 Å². The van der Waals surface area contributed by atoms with Crippen LogP contribution in [0.3, 0.4) is 0 Å². The summed E-state index contributed by atoms with van der Waals surface area (Å²) in [5.74, 6) is 0.644. The van der Waals surface area contributed by atoms with Crippen LogP contribution in [0.25, 0.3) is 0 Å². The van der Waals surface area contributed by atoms with Gasteiger partial charge in [-0.05, 0) is 47.4 Å². The van der Waals surface area contributed by atoms with Crippen molar-refractivity contribution in [2.45, 2.75) is 19.4 Å². The Morgan fingerprint density at radius 3 is 2.54 bits per heavy atom. The molecule has 3 aromatic rings. The second kappa shape index (κ2) is 10.4. The maximum absolute atomic E-state index is 11.9. The summed E-state index contributed by atoms with van der Waals surface area (Å²) in [5, 5.41) is 4.04. The first kappa shape index (κ1) is 19.8. The van der Waals surface area contributed by atoms with Gasteiger partial charge in [-0.3, -0.25) is 4.79 Å². The lowest BCUT2D eigenvalue weighted by atomic mass is 10.1. The third-order valence-corrected chi connectivity index (χ3v) is 4.59. The van der Waals surface area contributed by atoms with Gasteiger partial charge in [-0.25, -0.2) is 5.43 Å². The number of hydrogen-bond acceptors (Lipinski definition) is 3. The van der Waals surface area contributed by atoms with Crippen molar-refractivity contribution in [2.75, 3.05) is 0 Å². The molecule has 0 aliphatic rings. The van der Waals surface area contributed by atoms with Gasteiger partial charge in [0.05, 0.1) is 6.21 Å². The maximum atomic E-state index is 11.9. The molecule has 1 N–H and O–H groups in total. The maximum Gasteiger partial charge on any atom is 0.240 e. The molecule has 0 aliphatic heterocycles. The third kappa shape index (κ3) is 6.67. The Hall–Kier alpha value is -2.92. The third-order valence-electron chi connectivity index (χ3n) is 4.06. The lowest BCUT2D eigenvalue weighted by Crippen LogP contribution is -2.17. The minimum absolute atomic E-state index is 0.109. The van der Waals surface area contributed by atoms with Gasteiger partial charge in [-0.2, -0.15) is 5.10 Å². The van der Waals surface area contributed by atoms with E-state index in [-0.39, 0.29) is 5.91 Å². The van der Waals surface area contributed by atoms with Crippen molar-refractivity contribution in [1.29, 1.82) is 0 Å². The Kier molecular flexibility index (Phi) is 7.38. The largest absolute Gasteiger partial charge is 0.489 e. The number of hydrazone groups is 1. The first-order valence-electron chi connectivity index (χ1n) is 9.02. The van der Waals surface area contributed by atoms with Gasteiger partial charge in [0.25, 0.3) is 0 Å². The highest BCUT2D eigenvalue weighted by atomic mass is 79.9. The summed E-state index contributed by atoms with van der Waals surface area (Å²) >= 11 is 3.42. The van der Waals surface area contributed by atoms with Gasteiger partial charge in [0.2, 0.25) is 5.91 Å². The van der Waals surface area contributed by atoms with E-state index < -0.39 is 0 Å². The molecule has 0 saturated heterocycles. The van der Waals surface area contributed by atoms with E-state index in [1.807, 2.05) is 78.9 Å². The van der Waals surface area contributed by atoms with E-state index in [0.717, 1.165) is 26.9 Å². The quantitative estimate of drug-likeness (QED) is 0.393. The number of amides is 1. The molecule has 0 bridgehead atoms. The summed E-state index contributed by atoms with van der Waals surface area (Å²) in [6.45, 7) is 0.490. The number of aryl methyl sites for hydroxylation is 1. The number of rotatable bonds is 8. The highest BCUT2D eigenvalue weighted by Gasteiger charge is 2.01. The highest BCUT2D eigenvalue weighted by Crippen LogP contribution is 2.16. The zero-order chi connectivity index (χ0) is 19.6. The number of carbonyl (C=O) groups excluding carboxylic acids is 1. The number of ether oxygens (including phenoxy) is 1. The van der Waals surface area contributed by atoms with Crippen molar-refractivity contribution in [3.8, 4) is 5.75 Å². The molecule has 0 heterocycles. The fourth-order valence-electron chi connectivity index (χ4n) is 2.57. The number of nitrogens with one attached hydrogen (secondary N) is 1. The molecule has 3 aromatic carbocycles. The van der Waals surface area contributed by atoms with Crippen LogP contribution in [0.4, 0.5) is 0 Å². The molecule has 0 unspecified atom stereocenters. The van der Waals surface area contributed by atoms with Crippen LogP contribution in [0.1, 0.15) is 23.1 Å². The van der Waals surface area contributed by atoms with Gasteiger partial charge in [-0.1, -0.05) is 70.5 Å². The Bertz CT molecular complexity index is 925. The number of halogens is 1. The second-order valence-electron chi connectivity index (χ2n) is 6.27. The van der Waals surface area contributed by atoms with E-state index in [0.29, 0.717) is 19.4 Å². The molecule has 0 aromatic heterocycles. The molecule has 0 fully saturated rings. The van der Waals surface area contributed by atoms with Crippen LogP contribution in [0.5, 0.6) is 5.75 Å².